The number of hydrogen-bond donors (Lipinski definition) is 5. The van der Waals surface area contributed by atoms with E-state index in [1.165, 1.54) is 26.2 Å². The second-order valence-electron chi connectivity index (χ2n) is 15.7. The fraction of sp³-hybridized carbons (Fsp3) is 0.714. The molecule has 2 bridgehead atoms. The Labute approximate surface area is 302 Å². The van der Waals surface area contributed by atoms with Gasteiger partial charge in [0.05, 0.1) is 31.0 Å². The molecule has 5 N–H and O–H groups in total. The summed E-state index contributed by atoms with van der Waals surface area (Å²) in [7, 11) is 0.941. The summed E-state index contributed by atoms with van der Waals surface area (Å²) in [5.74, 6) is -10.4. The number of aliphatic hydroxyl groups excluding tert-OH is 1. The maximum Gasteiger partial charge on any atom is 0.335 e. The van der Waals surface area contributed by atoms with E-state index in [9.17, 15) is 54.3 Å². The zero-order valence-corrected chi connectivity index (χ0v) is 30.3. The molecule has 53 heavy (non-hydrogen) atoms. The highest BCUT2D eigenvalue weighted by Crippen LogP contribution is 2.83. The molecule has 4 aliphatic carbocycles. The number of Topliss-reactive ketones (excluding diaryl/α,β-unsaturated/α-hetero) is 1. The number of esters is 5. The lowest BCUT2D eigenvalue weighted by Gasteiger charge is -2.78. The van der Waals surface area contributed by atoms with Crippen molar-refractivity contribution in [1.29, 1.82) is 0 Å². The van der Waals surface area contributed by atoms with Crippen molar-refractivity contribution >= 4 is 35.6 Å². The Bertz CT molecular complexity index is 1760. The summed E-state index contributed by atoms with van der Waals surface area (Å²) in [6, 6.07) is 1.35. The number of carbonyl (C=O) groups excluding carboxylic acids is 6. The van der Waals surface area contributed by atoms with Crippen LogP contribution in [-0.2, 0) is 57.2 Å². The molecular formula is C35H44O18. The number of fused-ring (bicyclic) bond motifs is 3. The van der Waals surface area contributed by atoms with Crippen LogP contribution in [0.4, 0.5) is 0 Å². The molecule has 1 aromatic rings. The summed E-state index contributed by atoms with van der Waals surface area (Å²) >= 11 is 0. The molecule has 292 valence electrons. The fourth-order valence-electron chi connectivity index (χ4n) is 11.8. The SMILES string of the molecule is COC(=O)[C@H](O)[C@H]1[C@@]2(C)C[C@]3(O)[C@@](O)([C@H]4OCC(=O)[C@@H]5[C@](C)([C@@H](OC(C)=O)c6ccoc6)[C@@H](OC(C)=O)[C@@H](OC(C)=O)[C@@](O)([C@@]54O)[C@]13C)[C@H]2OC(C)=O. The van der Waals surface area contributed by atoms with Gasteiger partial charge in [0.2, 0.25) is 0 Å². The molecule has 0 amide bonds. The molecule has 15 atom stereocenters. The van der Waals surface area contributed by atoms with Crippen LogP contribution >= 0.6 is 0 Å². The molecule has 0 spiro atoms. The molecule has 5 aliphatic rings. The third kappa shape index (κ3) is 4.30. The molecule has 1 saturated heterocycles. The molecule has 0 unspecified atom stereocenters. The normalized spacial score (nSPS) is 46.0. The van der Waals surface area contributed by atoms with Gasteiger partial charge in [0, 0.05) is 50.0 Å². The van der Waals surface area contributed by atoms with E-state index in [0.29, 0.717) is 0 Å². The van der Waals surface area contributed by atoms with Crippen LogP contribution in [0.25, 0.3) is 0 Å². The lowest BCUT2D eigenvalue weighted by Crippen LogP contribution is -2.99. The van der Waals surface area contributed by atoms with E-state index in [2.05, 4.69) is 0 Å². The number of hydrogen-bond acceptors (Lipinski definition) is 18. The second-order valence-corrected chi connectivity index (χ2v) is 15.7. The van der Waals surface area contributed by atoms with Crippen molar-refractivity contribution in [3.8, 4) is 0 Å². The van der Waals surface area contributed by atoms with Gasteiger partial charge in [-0.3, -0.25) is 24.0 Å². The summed E-state index contributed by atoms with van der Waals surface area (Å²) in [6.07, 6.45) is -11.0. The Kier molecular flexibility index (Phi) is 8.62. The van der Waals surface area contributed by atoms with Crippen LogP contribution in [0.2, 0.25) is 0 Å². The number of aliphatic hydroxyl groups is 5. The van der Waals surface area contributed by atoms with Gasteiger partial charge >= 0.3 is 29.8 Å². The Morgan fingerprint density at radius 3 is 1.96 bits per heavy atom. The molecular weight excluding hydrogens is 708 g/mol. The number of methoxy groups -OCH3 is 1. The minimum Gasteiger partial charge on any atom is -0.472 e. The molecule has 1 aromatic heterocycles. The van der Waals surface area contributed by atoms with Gasteiger partial charge in [0.1, 0.15) is 41.7 Å². The van der Waals surface area contributed by atoms with Crippen LogP contribution in [0, 0.1) is 28.1 Å². The molecule has 18 heteroatoms. The minimum atomic E-state index is -3.34. The molecule has 0 aromatic carbocycles. The van der Waals surface area contributed by atoms with Gasteiger partial charge in [-0.25, -0.2) is 4.79 Å². The van der Waals surface area contributed by atoms with E-state index in [1.807, 2.05) is 0 Å². The summed E-state index contributed by atoms with van der Waals surface area (Å²) < 4.78 is 39.2. The molecule has 2 heterocycles. The van der Waals surface area contributed by atoms with Crippen molar-refractivity contribution in [2.24, 2.45) is 28.1 Å². The largest absolute Gasteiger partial charge is 0.472 e. The van der Waals surface area contributed by atoms with Crippen LogP contribution in [0.1, 0.15) is 66.6 Å². The lowest BCUT2D eigenvalue weighted by atomic mass is 9.32. The first-order chi connectivity index (χ1) is 24.4. The van der Waals surface area contributed by atoms with E-state index in [1.54, 1.807) is 0 Å². The predicted molar refractivity (Wildman–Crippen MR) is 168 cm³/mol. The number of ether oxygens (including phenoxy) is 6. The van der Waals surface area contributed by atoms with Gasteiger partial charge in [-0.1, -0.05) is 20.8 Å². The molecule has 1 aliphatic heterocycles. The first-order valence-corrected chi connectivity index (χ1v) is 16.9. The van der Waals surface area contributed by atoms with Crippen molar-refractivity contribution in [2.75, 3.05) is 13.7 Å². The third-order valence-corrected chi connectivity index (χ3v) is 13.1. The molecule has 4 saturated carbocycles. The van der Waals surface area contributed by atoms with Crippen molar-refractivity contribution in [1.82, 2.24) is 0 Å². The summed E-state index contributed by atoms with van der Waals surface area (Å²) in [6.45, 7) is 6.68. The predicted octanol–water partition coefficient (Wildman–Crippen LogP) is -1.20. The third-order valence-electron chi connectivity index (χ3n) is 13.1. The average molecular weight is 753 g/mol. The van der Waals surface area contributed by atoms with E-state index in [4.69, 9.17) is 32.8 Å². The molecule has 0 radical (unpaired) electrons. The number of rotatable bonds is 8. The Hall–Kier alpha value is -3.94. The standard InChI is InChI=1S/C35H44O18/c1-14(36)50-23(18-9-10-48-11-18)30(6)21-19(40)12-49-28-33(21,44)35(46,25(52-16(3)38)24(30)51-15(2)37)31(7)22(20(41)26(42)47-8)29(5)13-32(31,43)34(28,45)27(29)53-17(4)39/h9-11,20-25,27-28,41,43-46H,12-13H2,1-8H3/t20-,21-,22+,23+,24+,25-,27+,28+,29-,30-,31-,32-,33-,34+,35+/m1/s1. The summed E-state index contributed by atoms with van der Waals surface area (Å²) in [5, 5.41) is 65.5. The highest BCUT2D eigenvalue weighted by molar-refractivity contribution is 5.87. The Morgan fingerprint density at radius 1 is 0.868 bits per heavy atom. The number of carbonyl (C=O) groups is 6. The maximum absolute atomic E-state index is 14.6. The van der Waals surface area contributed by atoms with Gasteiger partial charge in [-0.2, -0.15) is 0 Å². The van der Waals surface area contributed by atoms with Crippen LogP contribution in [0.5, 0.6) is 0 Å². The average Bonchev–Trinajstić information content (AvgIpc) is 3.69. The van der Waals surface area contributed by atoms with E-state index < -0.39 is 136 Å². The molecule has 6 rings (SSSR count). The fourth-order valence-corrected chi connectivity index (χ4v) is 11.8. The number of furan rings is 1. The van der Waals surface area contributed by atoms with E-state index >= 15 is 0 Å². The van der Waals surface area contributed by atoms with Gasteiger partial charge in [-0.05, 0) is 12.5 Å². The van der Waals surface area contributed by atoms with E-state index in [0.717, 1.165) is 48.0 Å². The van der Waals surface area contributed by atoms with Gasteiger partial charge in [0.25, 0.3) is 0 Å². The Balaban J connectivity index is 1.81. The molecule has 5 fully saturated rings. The maximum atomic E-state index is 14.6. The Morgan fingerprint density at radius 2 is 1.45 bits per heavy atom. The van der Waals surface area contributed by atoms with E-state index in [-0.39, 0.29) is 5.56 Å². The summed E-state index contributed by atoms with van der Waals surface area (Å²) in [4.78, 5) is 79.5. The van der Waals surface area contributed by atoms with Crippen LogP contribution in [-0.4, -0.2) is 128 Å². The molecule has 18 nitrogen and oxygen atoms in total. The zero-order chi connectivity index (χ0) is 39.6. The lowest BCUT2D eigenvalue weighted by molar-refractivity contribution is -0.467. The van der Waals surface area contributed by atoms with Crippen molar-refractivity contribution in [2.45, 2.75) is 114 Å². The number of ketones is 1. The quantitative estimate of drug-likeness (QED) is 0.154. The van der Waals surface area contributed by atoms with Crippen LogP contribution < -0.4 is 0 Å². The first kappa shape index (κ1) is 38.8. The van der Waals surface area contributed by atoms with Gasteiger partial charge in [-0.15, -0.1) is 0 Å². The minimum absolute atomic E-state index is 0.0532. The topological polar surface area (TPSA) is 272 Å². The monoisotopic (exact) mass is 752 g/mol. The van der Waals surface area contributed by atoms with Crippen molar-refractivity contribution in [3.63, 3.8) is 0 Å². The van der Waals surface area contributed by atoms with Gasteiger partial charge < -0.3 is 58.4 Å². The van der Waals surface area contributed by atoms with Crippen LogP contribution in [0.15, 0.2) is 23.0 Å². The smallest absolute Gasteiger partial charge is 0.335 e. The van der Waals surface area contributed by atoms with Crippen molar-refractivity contribution < 1.29 is 87.1 Å². The van der Waals surface area contributed by atoms with Gasteiger partial charge in [0.15, 0.2) is 29.7 Å². The second kappa shape index (κ2) is 11.8. The van der Waals surface area contributed by atoms with Crippen LogP contribution in [0.3, 0.4) is 0 Å². The first-order valence-electron chi connectivity index (χ1n) is 16.9. The summed E-state index contributed by atoms with van der Waals surface area (Å²) in [5.41, 5.74) is -19.2. The van der Waals surface area contributed by atoms with Crippen molar-refractivity contribution in [3.05, 3.63) is 24.2 Å². The zero-order valence-electron chi connectivity index (χ0n) is 30.3. The highest BCUT2D eigenvalue weighted by atomic mass is 16.6. The highest BCUT2D eigenvalue weighted by Gasteiger charge is 3.01.